The molecule has 3 nitrogen and oxygen atoms in total. The van der Waals surface area contributed by atoms with E-state index in [0.717, 1.165) is 31.0 Å². The van der Waals surface area contributed by atoms with E-state index in [-0.39, 0.29) is 12.4 Å². The number of nitrogens with zero attached hydrogens (tertiary/aromatic N) is 2. The van der Waals surface area contributed by atoms with Crippen LogP contribution < -0.4 is 0 Å². The molecule has 124 valence electrons. The van der Waals surface area contributed by atoms with Crippen molar-refractivity contribution < 1.29 is 4.79 Å². The smallest absolute Gasteiger partial charge is 0.254 e. The second-order valence-corrected chi connectivity index (χ2v) is 7.63. The number of carbonyl (C=O) groups is 1. The van der Waals surface area contributed by atoms with Crippen LogP contribution in [0.4, 0.5) is 0 Å². The predicted molar refractivity (Wildman–Crippen MR) is 93.4 cm³/mol. The highest BCUT2D eigenvalue weighted by atomic mass is 35.5. The maximum absolute atomic E-state index is 13.1. The topological polar surface area (TPSA) is 23.6 Å². The molecule has 3 saturated heterocycles. The van der Waals surface area contributed by atoms with Gasteiger partial charge in [0.1, 0.15) is 0 Å². The first-order chi connectivity index (χ1) is 10.8. The van der Waals surface area contributed by atoms with Crippen LogP contribution in [0.2, 0.25) is 0 Å². The van der Waals surface area contributed by atoms with Crippen molar-refractivity contribution >= 4 is 18.3 Å². The summed E-state index contributed by atoms with van der Waals surface area (Å²) in [6.07, 6.45) is 6.27. The maximum Gasteiger partial charge on any atom is 0.254 e. The van der Waals surface area contributed by atoms with Crippen LogP contribution in [0.15, 0.2) is 18.2 Å². The van der Waals surface area contributed by atoms with E-state index in [1.807, 2.05) is 0 Å². The van der Waals surface area contributed by atoms with Crippen molar-refractivity contribution in [2.45, 2.75) is 44.1 Å². The molecular weight excluding hydrogens is 308 g/mol. The van der Waals surface area contributed by atoms with Gasteiger partial charge in [0.2, 0.25) is 0 Å². The first-order valence-corrected chi connectivity index (χ1v) is 8.96. The van der Waals surface area contributed by atoms with Crippen LogP contribution in [0.25, 0.3) is 0 Å². The third-order valence-electron chi connectivity index (χ3n) is 6.53. The van der Waals surface area contributed by atoms with E-state index in [1.54, 1.807) is 0 Å². The number of hydrogen-bond donors (Lipinski definition) is 0. The summed E-state index contributed by atoms with van der Waals surface area (Å²) < 4.78 is 0. The van der Waals surface area contributed by atoms with E-state index >= 15 is 0 Å². The molecule has 5 aliphatic rings. The highest BCUT2D eigenvalue weighted by Gasteiger charge is 2.43. The van der Waals surface area contributed by atoms with Crippen LogP contribution >= 0.6 is 12.4 Å². The predicted octanol–water partition coefficient (Wildman–Crippen LogP) is 3.08. The summed E-state index contributed by atoms with van der Waals surface area (Å²) in [5.74, 6) is 1.64. The molecule has 0 N–H and O–H groups in total. The van der Waals surface area contributed by atoms with Gasteiger partial charge in [-0.2, -0.15) is 0 Å². The van der Waals surface area contributed by atoms with Gasteiger partial charge in [0.05, 0.1) is 0 Å². The van der Waals surface area contributed by atoms with Crippen molar-refractivity contribution in [1.82, 2.24) is 9.80 Å². The minimum Gasteiger partial charge on any atom is -0.333 e. The average molecular weight is 333 g/mol. The quantitative estimate of drug-likeness (QED) is 0.789. The third-order valence-corrected chi connectivity index (χ3v) is 6.53. The molecule has 4 heterocycles. The van der Waals surface area contributed by atoms with Crippen LogP contribution in [0.5, 0.6) is 0 Å². The molecule has 2 atom stereocenters. The van der Waals surface area contributed by atoms with Crippen molar-refractivity contribution in [3.8, 4) is 0 Å². The number of aryl methyl sites for hydroxylation is 1. The Bertz CT molecular complexity index is 624. The zero-order chi connectivity index (χ0) is 14.7. The van der Waals surface area contributed by atoms with Crippen molar-refractivity contribution in [1.29, 1.82) is 0 Å². The summed E-state index contributed by atoms with van der Waals surface area (Å²) in [5.41, 5.74) is 3.86. The largest absolute Gasteiger partial charge is 0.333 e. The number of halogens is 1. The average Bonchev–Trinajstić information content (AvgIpc) is 2.59. The second-order valence-electron chi connectivity index (χ2n) is 7.63. The van der Waals surface area contributed by atoms with Crippen molar-refractivity contribution in [2.24, 2.45) is 5.92 Å². The lowest BCUT2D eigenvalue weighted by molar-refractivity contribution is 0.00258. The molecule has 3 fully saturated rings. The summed E-state index contributed by atoms with van der Waals surface area (Å²) in [7, 11) is 0. The van der Waals surface area contributed by atoms with E-state index in [9.17, 15) is 4.79 Å². The molecule has 0 unspecified atom stereocenters. The zero-order valence-corrected chi connectivity index (χ0v) is 14.4. The van der Waals surface area contributed by atoms with Gasteiger partial charge in [-0.05, 0) is 68.3 Å². The van der Waals surface area contributed by atoms with Crippen LogP contribution in [0.3, 0.4) is 0 Å². The fraction of sp³-hybridized carbons (Fsp3) is 0.632. The van der Waals surface area contributed by atoms with E-state index in [0.29, 0.717) is 17.9 Å². The minimum absolute atomic E-state index is 0. The van der Waals surface area contributed by atoms with Crippen molar-refractivity contribution in [3.63, 3.8) is 0 Å². The summed E-state index contributed by atoms with van der Waals surface area (Å²) in [6, 6.07) is 6.87. The number of amides is 1. The summed E-state index contributed by atoms with van der Waals surface area (Å²) in [5, 5.41) is 0. The summed E-state index contributed by atoms with van der Waals surface area (Å²) in [6.45, 7) is 4.57. The van der Waals surface area contributed by atoms with Crippen LogP contribution in [0.1, 0.15) is 53.1 Å². The number of fused-ring (bicyclic) bond motifs is 3. The normalized spacial score (nSPS) is 34.8. The lowest BCUT2D eigenvalue weighted by atomic mass is 9.75. The van der Waals surface area contributed by atoms with Gasteiger partial charge >= 0.3 is 0 Å². The monoisotopic (exact) mass is 332 g/mol. The van der Waals surface area contributed by atoms with Crippen LogP contribution in [0, 0.1) is 5.92 Å². The summed E-state index contributed by atoms with van der Waals surface area (Å²) >= 11 is 0. The molecule has 0 saturated carbocycles. The molecule has 4 aliphatic heterocycles. The van der Waals surface area contributed by atoms with Gasteiger partial charge in [-0.1, -0.05) is 12.1 Å². The summed E-state index contributed by atoms with van der Waals surface area (Å²) in [4.78, 5) is 18.0. The lowest BCUT2D eigenvalue weighted by Gasteiger charge is -2.51. The molecule has 1 amide bonds. The number of carbonyl (C=O) groups excluding carboxylic acids is 1. The Balaban J connectivity index is 0.00000135. The number of rotatable bonds is 1. The first-order valence-electron chi connectivity index (χ1n) is 8.96. The number of benzene rings is 1. The molecular formula is C19H25ClN2O. The fourth-order valence-electron chi connectivity index (χ4n) is 5.41. The molecule has 0 radical (unpaired) electrons. The Hall–Kier alpha value is -1.06. The molecule has 1 aromatic carbocycles. The molecule has 1 aromatic rings. The SMILES string of the molecule is Cl.O=C1c2cccc3c2[C@@H](CCC3)CN1[C@H]1CN2CCC1CC2. The molecule has 0 spiro atoms. The Kier molecular flexibility index (Phi) is 3.89. The van der Waals surface area contributed by atoms with E-state index < -0.39 is 0 Å². The fourth-order valence-corrected chi connectivity index (χ4v) is 5.41. The Morgan fingerprint density at radius 2 is 1.87 bits per heavy atom. The molecule has 6 rings (SSSR count). The Labute approximate surface area is 144 Å². The third kappa shape index (κ3) is 2.32. The minimum atomic E-state index is 0. The molecule has 23 heavy (non-hydrogen) atoms. The van der Waals surface area contributed by atoms with E-state index in [1.165, 1.54) is 49.9 Å². The Morgan fingerprint density at radius 1 is 1.04 bits per heavy atom. The molecule has 1 aliphatic carbocycles. The maximum atomic E-state index is 13.1. The van der Waals surface area contributed by atoms with Gasteiger partial charge in [-0.25, -0.2) is 0 Å². The highest BCUT2D eigenvalue weighted by Crippen LogP contribution is 2.41. The van der Waals surface area contributed by atoms with E-state index in [2.05, 4.69) is 28.0 Å². The zero-order valence-electron chi connectivity index (χ0n) is 13.5. The second kappa shape index (κ2) is 5.78. The van der Waals surface area contributed by atoms with Crippen molar-refractivity contribution in [2.75, 3.05) is 26.2 Å². The van der Waals surface area contributed by atoms with Gasteiger partial charge in [0.15, 0.2) is 0 Å². The van der Waals surface area contributed by atoms with E-state index in [4.69, 9.17) is 0 Å². The standard InChI is InChI=1S/C19H24N2O.ClH/c22-19-16-6-2-4-14-3-1-5-15(18(14)16)11-21(19)17-12-20-9-7-13(17)8-10-20;/h2,4,6,13,15,17H,1,3,5,7-12H2;1H/t15-,17-;/m0./s1. The number of hydrogen-bond acceptors (Lipinski definition) is 2. The molecule has 0 aromatic heterocycles. The van der Waals surface area contributed by atoms with Crippen LogP contribution in [-0.4, -0.2) is 47.9 Å². The van der Waals surface area contributed by atoms with Gasteiger partial charge in [-0.3, -0.25) is 4.79 Å². The Morgan fingerprint density at radius 3 is 2.61 bits per heavy atom. The van der Waals surface area contributed by atoms with Gasteiger partial charge in [0.25, 0.3) is 5.91 Å². The molecule has 4 heteroatoms. The molecule has 2 bridgehead atoms. The van der Waals surface area contributed by atoms with Crippen LogP contribution in [-0.2, 0) is 6.42 Å². The van der Waals surface area contributed by atoms with Gasteiger partial charge < -0.3 is 9.80 Å². The number of piperidine rings is 3. The highest BCUT2D eigenvalue weighted by molar-refractivity contribution is 5.98. The first kappa shape index (κ1) is 15.5. The van der Waals surface area contributed by atoms with Crippen molar-refractivity contribution in [3.05, 3.63) is 34.9 Å². The lowest BCUT2D eigenvalue weighted by Crippen LogP contribution is -2.60. The van der Waals surface area contributed by atoms with Gasteiger partial charge in [0, 0.05) is 30.6 Å². The van der Waals surface area contributed by atoms with Gasteiger partial charge in [-0.15, -0.1) is 12.4 Å².